The number of ether oxygens (including phenoxy) is 1. The average Bonchev–Trinajstić information content (AvgIpc) is 1.95. The van der Waals surface area contributed by atoms with Crippen LogP contribution in [0.5, 0.6) is 5.88 Å². The van der Waals surface area contributed by atoms with Gasteiger partial charge >= 0.3 is 0 Å². The van der Waals surface area contributed by atoms with Crippen LogP contribution in [0.3, 0.4) is 0 Å². The van der Waals surface area contributed by atoms with Crippen molar-refractivity contribution in [3.05, 3.63) is 22.5 Å². The third-order valence-electron chi connectivity index (χ3n) is 0.958. The molecule has 1 aromatic rings. The summed E-state index contributed by atoms with van der Waals surface area (Å²) in [6.07, 6.45) is 1.07. The summed E-state index contributed by atoms with van der Waals surface area (Å²) in [5.41, 5.74) is -0.827. The highest BCUT2D eigenvalue weighted by molar-refractivity contribution is 5.07. The molecule has 0 unspecified atom stereocenters. The maximum absolute atomic E-state index is 12.5. The third-order valence-corrected chi connectivity index (χ3v) is 0.958. The van der Waals surface area contributed by atoms with E-state index in [9.17, 15) is 9.18 Å². The van der Waals surface area contributed by atoms with Gasteiger partial charge in [-0.15, -0.1) is 0 Å². The second-order valence-electron chi connectivity index (χ2n) is 1.55. The maximum atomic E-state index is 12.5. The lowest BCUT2D eigenvalue weighted by molar-refractivity contribution is 0.364. The van der Waals surface area contributed by atoms with Crippen LogP contribution in [0.15, 0.2) is 11.1 Å². The number of nitrogens with one attached hydrogen (secondary N) is 1. The summed E-state index contributed by atoms with van der Waals surface area (Å²) in [4.78, 5) is 15.9. The van der Waals surface area contributed by atoms with Crippen LogP contribution in [0, 0.1) is 5.82 Å². The van der Waals surface area contributed by atoms with Crippen LogP contribution >= 0.6 is 0 Å². The molecule has 1 aromatic heterocycles. The molecule has 0 aliphatic carbocycles. The van der Waals surface area contributed by atoms with E-state index in [1.165, 1.54) is 7.11 Å². The standard InChI is InChI=1S/C5H5FN2O2/c1-10-5-3(6)4(9)7-2-8-5/h2H,1H3,(H,7,8,9). The molecule has 54 valence electrons. The Kier molecular flexibility index (Phi) is 1.66. The largest absolute Gasteiger partial charge is 0.479 e. The Balaban J connectivity index is 3.28. The lowest BCUT2D eigenvalue weighted by Crippen LogP contribution is -2.12. The molecule has 1 N–H and O–H groups in total. The van der Waals surface area contributed by atoms with Crippen LogP contribution in [0.4, 0.5) is 4.39 Å². The van der Waals surface area contributed by atoms with Gasteiger partial charge in [0.05, 0.1) is 13.4 Å². The van der Waals surface area contributed by atoms with Gasteiger partial charge in [0.2, 0.25) is 5.82 Å². The van der Waals surface area contributed by atoms with Crippen molar-refractivity contribution in [1.82, 2.24) is 9.97 Å². The van der Waals surface area contributed by atoms with Gasteiger partial charge in [0.1, 0.15) is 0 Å². The van der Waals surface area contributed by atoms with E-state index in [4.69, 9.17) is 0 Å². The highest BCUT2D eigenvalue weighted by Crippen LogP contribution is 2.03. The van der Waals surface area contributed by atoms with Crippen molar-refractivity contribution in [2.75, 3.05) is 7.11 Å². The summed E-state index contributed by atoms with van der Waals surface area (Å²) in [5.74, 6) is -1.28. The number of aromatic amines is 1. The predicted octanol–water partition coefficient (Wildman–Crippen LogP) is -0.0824. The predicted molar refractivity (Wildman–Crippen MR) is 31.4 cm³/mol. The minimum atomic E-state index is -0.995. The van der Waals surface area contributed by atoms with Crippen LogP contribution in [-0.4, -0.2) is 17.1 Å². The smallest absolute Gasteiger partial charge is 0.290 e. The molecule has 0 aromatic carbocycles. The molecule has 0 fully saturated rings. The molecule has 0 aliphatic heterocycles. The topological polar surface area (TPSA) is 55.0 Å². The van der Waals surface area contributed by atoms with Crippen LogP contribution < -0.4 is 10.3 Å². The lowest BCUT2D eigenvalue weighted by atomic mass is 10.6. The number of hydrogen-bond acceptors (Lipinski definition) is 3. The highest BCUT2D eigenvalue weighted by Gasteiger charge is 2.05. The van der Waals surface area contributed by atoms with Crippen molar-refractivity contribution in [3.8, 4) is 5.88 Å². The van der Waals surface area contributed by atoms with Crippen LogP contribution in [0.2, 0.25) is 0 Å². The Hall–Kier alpha value is -1.39. The molecule has 0 bridgehead atoms. The highest BCUT2D eigenvalue weighted by atomic mass is 19.1. The number of H-pyrrole nitrogens is 1. The van der Waals surface area contributed by atoms with Crippen LogP contribution in [0.25, 0.3) is 0 Å². The van der Waals surface area contributed by atoms with Gasteiger partial charge in [-0.3, -0.25) is 4.79 Å². The maximum Gasteiger partial charge on any atom is 0.290 e. The molecule has 0 spiro atoms. The fourth-order valence-corrected chi connectivity index (χ4v) is 0.509. The molecule has 10 heavy (non-hydrogen) atoms. The van der Waals surface area contributed by atoms with Gasteiger partial charge in [0, 0.05) is 0 Å². The summed E-state index contributed by atoms with van der Waals surface area (Å²) in [6, 6.07) is 0. The van der Waals surface area contributed by atoms with Crippen molar-refractivity contribution in [2.24, 2.45) is 0 Å². The lowest BCUT2D eigenvalue weighted by Gasteiger charge is -1.95. The second kappa shape index (κ2) is 2.47. The molecule has 1 heterocycles. The van der Waals surface area contributed by atoms with E-state index >= 15 is 0 Å². The Labute approximate surface area is 55.7 Å². The first kappa shape index (κ1) is 6.73. The number of aromatic nitrogens is 2. The van der Waals surface area contributed by atoms with Gasteiger partial charge in [-0.1, -0.05) is 0 Å². The van der Waals surface area contributed by atoms with E-state index < -0.39 is 11.4 Å². The van der Waals surface area contributed by atoms with E-state index in [0.717, 1.165) is 6.33 Å². The van der Waals surface area contributed by atoms with Gasteiger partial charge in [-0.2, -0.15) is 4.39 Å². The van der Waals surface area contributed by atoms with Gasteiger partial charge in [0.25, 0.3) is 11.4 Å². The van der Waals surface area contributed by atoms with Crippen LogP contribution in [-0.2, 0) is 0 Å². The van der Waals surface area contributed by atoms with E-state index in [2.05, 4.69) is 14.7 Å². The molecule has 0 saturated heterocycles. The van der Waals surface area contributed by atoms with Gasteiger partial charge in [-0.05, 0) is 0 Å². The van der Waals surface area contributed by atoms with E-state index in [1.807, 2.05) is 0 Å². The molecule has 0 saturated carbocycles. The molecular formula is C5H5FN2O2. The van der Waals surface area contributed by atoms with E-state index in [1.54, 1.807) is 0 Å². The number of rotatable bonds is 1. The summed E-state index contributed by atoms with van der Waals surface area (Å²) in [5, 5.41) is 0. The zero-order valence-electron chi connectivity index (χ0n) is 5.22. The molecule has 0 radical (unpaired) electrons. The Morgan fingerprint density at radius 1 is 1.80 bits per heavy atom. The van der Waals surface area contributed by atoms with Gasteiger partial charge < -0.3 is 9.72 Å². The molecule has 0 aliphatic rings. The van der Waals surface area contributed by atoms with Crippen molar-refractivity contribution < 1.29 is 9.13 Å². The summed E-state index contributed by atoms with van der Waals surface area (Å²) in [6.45, 7) is 0. The minimum absolute atomic E-state index is 0.288. The Morgan fingerprint density at radius 3 is 3.00 bits per heavy atom. The quantitative estimate of drug-likeness (QED) is 0.599. The Bertz CT molecular complexity index is 283. The minimum Gasteiger partial charge on any atom is -0.479 e. The zero-order valence-corrected chi connectivity index (χ0v) is 5.22. The third kappa shape index (κ3) is 0.975. The fourth-order valence-electron chi connectivity index (χ4n) is 0.509. The molecule has 0 amide bonds. The van der Waals surface area contributed by atoms with Crippen molar-refractivity contribution >= 4 is 0 Å². The van der Waals surface area contributed by atoms with Gasteiger partial charge in [0.15, 0.2) is 0 Å². The van der Waals surface area contributed by atoms with Gasteiger partial charge in [-0.25, -0.2) is 4.98 Å². The first-order valence-electron chi connectivity index (χ1n) is 2.53. The fraction of sp³-hybridized carbons (Fsp3) is 0.200. The van der Waals surface area contributed by atoms with E-state index in [-0.39, 0.29) is 5.88 Å². The number of methoxy groups -OCH3 is 1. The number of nitrogens with zero attached hydrogens (tertiary/aromatic N) is 1. The average molecular weight is 144 g/mol. The zero-order chi connectivity index (χ0) is 7.56. The van der Waals surface area contributed by atoms with Crippen LogP contribution in [0.1, 0.15) is 0 Å². The summed E-state index contributed by atoms with van der Waals surface area (Å²) in [7, 11) is 1.24. The van der Waals surface area contributed by atoms with Crippen molar-refractivity contribution in [2.45, 2.75) is 0 Å². The molecule has 1 rings (SSSR count). The van der Waals surface area contributed by atoms with Crippen molar-refractivity contribution in [3.63, 3.8) is 0 Å². The first-order chi connectivity index (χ1) is 4.75. The SMILES string of the molecule is COc1nc[nH]c(=O)c1F. The monoisotopic (exact) mass is 144 g/mol. The van der Waals surface area contributed by atoms with E-state index in [0.29, 0.717) is 0 Å². The molecule has 4 nitrogen and oxygen atoms in total. The summed E-state index contributed by atoms with van der Waals surface area (Å²) >= 11 is 0. The molecule has 0 atom stereocenters. The number of halogens is 1. The molecule has 5 heteroatoms. The normalized spacial score (nSPS) is 9.40. The van der Waals surface area contributed by atoms with Crippen molar-refractivity contribution in [1.29, 1.82) is 0 Å². The summed E-state index contributed by atoms with van der Waals surface area (Å²) < 4.78 is 16.9. The Morgan fingerprint density at radius 2 is 2.50 bits per heavy atom. The molecular weight excluding hydrogens is 139 g/mol. The first-order valence-corrected chi connectivity index (χ1v) is 2.53. The second-order valence-corrected chi connectivity index (χ2v) is 1.55. The number of hydrogen-bond donors (Lipinski definition) is 1.